The summed E-state index contributed by atoms with van der Waals surface area (Å²) in [6, 6.07) is 14.8. The quantitative estimate of drug-likeness (QED) is 0.848. The Morgan fingerprint density at radius 3 is 1.78 bits per heavy atom. The van der Waals surface area contributed by atoms with Gasteiger partial charge in [0, 0.05) is 34.4 Å². The third kappa shape index (κ3) is 5.33. The van der Waals surface area contributed by atoms with Crippen molar-refractivity contribution in [1.82, 2.24) is 4.98 Å². The van der Waals surface area contributed by atoms with Crippen LogP contribution in [0.2, 0.25) is 0 Å². The van der Waals surface area contributed by atoms with Crippen LogP contribution in [0, 0.1) is 0 Å². The van der Waals surface area contributed by atoms with E-state index in [0.29, 0.717) is 5.03 Å². The summed E-state index contributed by atoms with van der Waals surface area (Å²) in [6.45, 7) is 0. The Bertz CT molecular complexity index is 466. The van der Waals surface area contributed by atoms with E-state index in [1.807, 2.05) is 36.4 Å². The van der Waals surface area contributed by atoms with Crippen molar-refractivity contribution in [3.8, 4) is 0 Å². The first-order valence-electron chi connectivity index (χ1n) is 5.24. The second kappa shape index (κ2) is 7.89. The van der Waals surface area contributed by atoms with Crippen LogP contribution in [0.25, 0.3) is 0 Å². The molecule has 0 spiro atoms. The summed E-state index contributed by atoms with van der Waals surface area (Å²) in [6.07, 6.45) is 4.93. The lowest BCUT2D eigenvalue weighted by atomic mass is 10.4. The molecule has 5 heteroatoms. The molecule has 0 amide bonds. The van der Waals surface area contributed by atoms with Gasteiger partial charge >= 0.3 is 0 Å². The van der Waals surface area contributed by atoms with Gasteiger partial charge in [0.1, 0.15) is 5.03 Å². The molecule has 0 aliphatic carbocycles. The second-order valence-corrected chi connectivity index (χ2v) is 6.10. The molecule has 96 valence electrons. The molecule has 0 bridgehead atoms. The Balaban J connectivity index is 0.000000180. The molecule has 1 aromatic heterocycles. The van der Waals surface area contributed by atoms with E-state index in [4.69, 9.17) is 0 Å². The minimum atomic E-state index is -0.940. The maximum atomic E-state index is 10.8. The highest BCUT2D eigenvalue weighted by molar-refractivity contribution is 7.84. The summed E-state index contributed by atoms with van der Waals surface area (Å²) < 4.78 is 21.5. The zero-order valence-electron chi connectivity index (χ0n) is 10.3. The molecule has 18 heavy (non-hydrogen) atoms. The Labute approximate surface area is 112 Å². The number of rotatable bonds is 2. The average molecular weight is 281 g/mol. The topological polar surface area (TPSA) is 47.0 Å². The number of hydrogen-bond acceptors (Lipinski definition) is 3. The SMILES string of the molecule is CS(=O)c1ccccc1.CS(=O)c1ccccn1. The summed E-state index contributed by atoms with van der Waals surface area (Å²) in [4.78, 5) is 4.76. The maximum Gasteiger partial charge on any atom is 0.126 e. The zero-order valence-corrected chi connectivity index (χ0v) is 11.9. The van der Waals surface area contributed by atoms with E-state index >= 15 is 0 Å². The van der Waals surface area contributed by atoms with Gasteiger partial charge in [-0.05, 0) is 24.3 Å². The molecule has 0 fully saturated rings. The third-order valence-electron chi connectivity index (χ3n) is 2.01. The first kappa shape index (κ1) is 14.7. The third-order valence-corrected chi connectivity index (χ3v) is 3.77. The van der Waals surface area contributed by atoms with Crippen LogP contribution in [0.3, 0.4) is 0 Å². The van der Waals surface area contributed by atoms with Gasteiger partial charge in [0.25, 0.3) is 0 Å². The smallest absolute Gasteiger partial charge is 0.126 e. The van der Waals surface area contributed by atoms with Gasteiger partial charge in [-0.15, -0.1) is 0 Å². The van der Waals surface area contributed by atoms with Crippen molar-refractivity contribution in [2.24, 2.45) is 0 Å². The van der Waals surface area contributed by atoms with Gasteiger partial charge in [-0.2, -0.15) is 0 Å². The molecule has 0 saturated carbocycles. The number of pyridine rings is 1. The minimum Gasteiger partial charge on any atom is -0.255 e. The van der Waals surface area contributed by atoms with Crippen LogP contribution in [0.4, 0.5) is 0 Å². The Hall–Kier alpha value is -1.33. The van der Waals surface area contributed by atoms with Crippen molar-refractivity contribution in [3.63, 3.8) is 0 Å². The highest BCUT2D eigenvalue weighted by Gasteiger charge is 1.93. The average Bonchev–Trinajstić information content (AvgIpc) is 2.41. The van der Waals surface area contributed by atoms with Crippen molar-refractivity contribution in [2.75, 3.05) is 12.5 Å². The van der Waals surface area contributed by atoms with Crippen LogP contribution in [-0.2, 0) is 21.6 Å². The van der Waals surface area contributed by atoms with Crippen LogP contribution in [0.1, 0.15) is 0 Å². The molecule has 2 rings (SSSR count). The van der Waals surface area contributed by atoms with Crippen LogP contribution in [0.15, 0.2) is 64.6 Å². The van der Waals surface area contributed by atoms with Crippen molar-refractivity contribution in [1.29, 1.82) is 0 Å². The summed E-state index contributed by atoms with van der Waals surface area (Å²) in [7, 11) is -1.77. The molecule has 0 N–H and O–H groups in total. The monoisotopic (exact) mass is 281 g/mol. The van der Waals surface area contributed by atoms with Crippen LogP contribution >= 0.6 is 0 Å². The van der Waals surface area contributed by atoms with Crippen LogP contribution in [0.5, 0.6) is 0 Å². The zero-order chi connectivity index (χ0) is 13.4. The van der Waals surface area contributed by atoms with E-state index in [0.717, 1.165) is 4.90 Å². The van der Waals surface area contributed by atoms with E-state index < -0.39 is 21.6 Å². The normalized spacial score (nSPS) is 13.0. The first-order valence-corrected chi connectivity index (χ1v) is 8.36. The summed E-state index contributed by atoms with van der Waals surface area (Å²) >= 11 is 0. The van der Waals surface area contributed by atoms with Gasteiger partial charge in [-0.1, -0.05) is 24.3 Å². The molecule has 2 atom stereocenters. The second-order valence-electron chi connectivity index (χ2n) is 3.39. The lowest BCUT2D eigenvalue weighted by Crippen LogP contribution is -1.88. The van der Waals surface area contributed by atoms with E-state index in [9.17, 15) is 8.42 Å². The Morgan fingerprint density at radius 2 is 1.44 bits per heavy atom. The molecular weight excluding hydrogens is 266 g/mol. The van der Waals surface area contributed by atoms with Gasteiger partial charge in [0.05, 0.1) is 10.8 Å². The molecule has 2 unspecified atom stereocenters. The summed E-state index contributed by atoms with van der Waals surface area (Å²) in [5.74, 6) is 0. The number of benzene rings is 1. The van der Waals surface area contributed by atoms with Crippen molar-refractivity contribution >= 4 is 21.6 Å². The van der Waals surface area contributed by atoms with Crippen LogP contribution < -0.4 is 0 Å². The fourth-order valence-corrected chi connectivity index (χ4v) is 2.15. The lowest BCUT2D eigenvalue weighted by molar-refractivity contribution is 0.684. The number of nitrogens with zero attached hydrogens (tertiary/aromatic N) is 1. The summed E-state index contributed by atoms with van der Waals surface area (Å²) in [5, 5.41) is 0.637. The molecule has 2 aromatic rings. The number of hydrogen-bond donors (Lipinski definition) is 0. The van der Waals surface area contributed by atoms with Gasteiger partial charge in [-0.25, -0.2) is 4.98 Å². The van der Waals surface area contributed by atoms with E-state index in [1.54, 1.807) is 30.8 Å². The van der Waals surface area contributed by atoms with Crippen molar-refractivity contribution in [3.05, 3.63) is 54.7 Å². The van der Waals surface area contributed by atoms with Crippen molar-refractivity contribution < 1.29 is 8.42 Å². The van der Waals surface area contributed by atoms with E-state index in [2.05, 4.69) is 4.98 Å². The Kier molecular flexibility index (Phi) is 6.46. The maximum absolute atomic E-state index is 10.8. The van der Waals surface area contributed by atoms with Gasteiger partial charge in [0.15, 0.2) is 0 Å². The van der Waals surface area contributed by atoms with Gasteiger partial charge in [0.2, 0.25) is 0 Å². The Morgan fingerprint density at radius 1 is 0.833 bits per heavy atom. The van der Waals surface area contributed by atoms with Crippen molar-refractivity contribution in [2.45, 2.75) is 9.92 Å². The van der Waals surface area contributed by atoms with Gasteiger partial charge < -0.3 is 0 Å². The predicted molar refractivity (Wildman–Crippen MR) is 75.3 cm³/mol. The van der Waals surface area contributed by atoms with Gasteiger partial charge in [-0.3, -0.25) is 8.42 Å². The minimum absolute atomic E-state index is 0.637. The lowest BCUT2D eigenvalue weighted by Gasteiger charge is -1.90. The largest absolute Gasteiger partial charge is 0.255 e. The molecule has 3 nitrogen and oxygen atoms in total. The first-order chi connectivity index (χ1) is 8.61. The van der Waals surface area contributed by atoms with Crippen LogP contribution in [-0.4, -0.2) is 25.9 Å². The molecule has 0 saturated heterocycles. The molecule has 0 radical (unpaired) electrons. The standard InChI is InChI=1S/C7H8OS.C6H7NOS/c1-9(8)7-5-3-2-4-6-7;1-9(8)6-4-2-3-5-7-6/h2-6H,1H3;2-5H,1H3. The molecule has 0 aliphatic heterocycles. The molecule has 0 aliphatic rings. The van der Waals surface area contributed by atoms with E-state index in [-0.39, 0.29) is 0 Å². The molecule has 1 aromatic carbocycles. The number of aromatic nitrogens is 1. The van der Waals surface area contributed by atoms with E-state index in [1.165, 1.54) is 0 Å². The molecular formula is C13H15NO2S2. The summed E-state index contributed by atoms with van der Waals surface area (Å²) in [5.41, 5.74) is 0. The fraction of sp³-hybridized carbons (Fsp3) is 0.154. The highest BCUT2D eigenvalue weighted by atomic mass is 32.2. The molecule has 1 heterocycles. The fourth-order valence-electron chi connectivity index (χ4n) is 1.13. The predicted octanol–water partition coefficient (Wildman–Crippen LogP) is 2.24. The highest BCUT2D eigenvalue weighted by Crippen LogP contribution is 2.01.